The lowest BCUT2D eigenvalue weighted by Gasteiger charge is -2.10. The molecule has 0 bridgehead atoms. The lowest BCUT2D eigenvalue weighted by molar-refractivity contribution is 0.101. The minimum absolute atomic E-state index is 0.00670. The Hall–Kier alpha value is -1.80. The van der Waals surface area contributed by atoms with E-state index in [2.05, 4.69) is 32.0 Å². The van der Waals surface area contributed by atoms with Gasteiger partial charge in [0.1, 0.15) is 12.4 Å². The minimum Gasteiger partial charge on any atom is -0.487 e. The molecule has 0 heterocycles. The summed E-state index contributed by atoms with van der Waals surface area (Å²) in [5.41, 5.74) is 4.12. The van der Waals surface area contributed by atoms with Crippen molar-refractivity contribution < 1.29 is 9.53 Å². The van der Waals surface area contributed by atoms with E-state index in [4.69, 9.17) is 16.3 Å². The van der Waals surface area contributed by atoms with Crippen molar-refractivity contribution in [3.05, 3.63) is 63.7 Å². The standard InChI is InChI=1S/C17H17ClO2/c1-11-6-12(2)8-14(7-11)10-20-17-5-4-15(13(3)19)9-16(17)18/h4-9H,10H2,1-3H3. The molecule has 2 nitrogen and oxygen atoms in total. The Labute approximate surface area is 124 Å². The van der Waals surface area contributed by atoms with Crippen molar-refractivity contribution in [3.63, 3.8) is 0 Å². The highest BCUT2D eigenvalue weighted by Crippen LogP contribution is 2.26. The van der Waals surface area contributed by atoms with E-state index in [1.54, 1.807) is 18.2 Å². The first-order chi connectivity index (χ1) is 9.45. The fourth-order valence-corrected chi connectivity index (χ4v) is 2.39. The summed E-state index contributed by atoms with van der Waals surface area (Å²) >= 11 is 6.13. The molecule has 0 aliphatic carbocycles. The van der Waals surface area contributed by atoms with Crippen LogP contribution in [-0.4, -0.2) is 5.78 Å². The first-order valence-corrected chi connectivity index (χ1v) is 6.84. The molecule has 2 aromatic carbocycles. The second-order valence-electron chi connectivity index (χ2n) is 4.99. The molecule has 2 rings (SSSR count). The molecule has 0 saturated heterocycles. The van der Waals surface area contributed by atoms with Gasteiger partial charge < -0.3 is 4.74 Å². The van der Waals surface area contributed by atoms with E-state index < -0.39 is 0 Å². The molecule has 20 heavy (non-hydrogen) atoms. The number of ketones is 1. The van der Waals surface area contributed by atoms with Crippen LogP contribution in [0.1, 0.15) is 34.0 Å². The van der Waals surface area contributed by atoms with Crippen LogP contribution in [0.2, 0.25) is 5.02 Å². The molecule has 0 saturated carbocycles. The Kier molecular flexibility index (Phi) is 4.46. The molecule has 104 valence electrons. The van der Waals surface area contributed by atoms with Gasteiger partial charge in [-0.15, -0.1) is 0 Å². The number of rotatable bonds is 4. The van der Waals surface area contributed by atoms with Crippen molar-refractivity contribution in [1.82, 2.24) is 0 Å². The molecular weight excluding hydrogens is 272 g/mol. The van der Waals surface area contributed by atoms with Crippen molar-refractivity contribution in [2.75, 3.05) is 0 Å². The number of ether oxygens (including phenoxy) is 1. The molecule has 2 aromatic rings. The van der Waals surface area contributed by atoms with E-state index >= 15 is 0 Å². The largest absolute Gasteiger partial charge is 0.487 e. The lowest BCUT2D eigenvalue weighted by Crippen LogP contribution is -1.98. The SMILES string of the molecule is CC(=O)c1ccc(OCc2cc(C)cc(C)c2)c(Cl)c1. The van der Waals surface area contributed by atoms with Crippen LogP contribution < -0.4 is 4.74 Å². The van der Waals surface area contributed by atoms with E-state index in [-0.39, 0.29) is 5.78 Å². The molecule has 0 amide bonds. The van der Waals surface area contributed by atoms with Crippen LogP contribution in [0, 0.1) is 13.8 Å². The molecule has 0 radical (unpaired) electrons. The number of Topliss-reactive ketones (excluding diaryl/α,β-unsaturated/α-hetero) is 1. The van der Waals surface area contributed by atoms with Gasteiger partial charge >= 0.3 is 0 Å². The summed E-state index contributed by atoms with van der Waals surface area (Å²) in [6.07, 6.45) is 0. The second kappa shape index (κ2) is 6.10. The van der Waals surface area contributed by atoms with E-state index in [9.17, 15) is 4.79 Å². The number of hydrogen-bond acceptors (Lipinski definition) is 2. The molecule has 0 N–H and O–H groups in total. The van der Waals surface area contributed by atoms with Crippen LogP contribution in [-0.2, 0) is 6.61 Å². The van der Waals surface area contributed by atoms with Crippen molar-refractivity contribution in [2.45, 2.75) is 27.4 Å². The topological polar surface area (TPSA) is 26.3 Å². The quantitative estimate of drug-likeness (QED) is 0.760. The maximum absolute atomic E-state index is 11.3. The first-order valence-electron chi connectivity index (χ1n) is 6.46. The summed E-state index contributed by atoms with van der Waals surface area (Å²) in [7, 11) is 0. The Bertz CT molecular complexity index is 627. The number of hydrogen-bond donors (Lipinski definition) is 0. The third-order valence-electron chi connectivity index (χ3n) is 3.01. The molecular formula is C17H17ClO2. The van der Waals surface area contributed by atoms with E-state index in [1.165, 1.54) is 18.1 Å². The van der Waals surface area contributed by atoms with Gasteiger partial charge in [-0.2, -0.15) is 0 Å². The average molecular weight is 289 g/mol. The molecule has 0 atom stereocenters. The number of halogens is 1. The minimum atomic E-state index is -0.00670. The summed E-state index contributed by atoms with van der Waals surface area (Å²) in [4.78, 5) is 11.3. The molecule has 3 heteroatoms. The highest BCUT2D eigenvalue weighted by molar-refractivity contribution is 6.32. The van der Waals surface area contributed by atoms with Gasteiger partial charge in [0.25, 0.3) is 0 Å². The highest BCUT2D eigenvalue weighted by atomic mass is 35.5. The fourth-order valence-electron chi connectivity index (χ4n) is 2.15. The van der Waals surface area contributed by atoms with Gasteiger partial charge in [-0.05, 0) is 44.5 Å². The van der Waals surface area contributed by atoms with Crippen LogP contribution >= 0.6 is 11.6 Å². The third kappa shape index (κ3) is 3.61. The smallest absolute Gasteiger partial charge is 0.159 e. The monoisotopic (exact) mass is 288 g/mol. The van der Waals surface area contributed by atoms with Gasteiger partial charge in [0.15, 0.2) is 5.78 Å². The zero-order valence-electron chi connectivity index (χ0n) is 11.9. The van der Waals surface area contributed by atoms with E-state index in [0.29, 0.717) is 22.9 Å². The molecule has 0 fully saturated rings. The summed E-state index contributed by atoms with van der Waals surface area (Å²) in [5, 5.41) is 0.460. The maximum atomic E-state index is 11.3. The Morgan fingerprint density at radius 2 is 1.75 bits per heavy atom. The average Bonchev–Trinajstić information content (AvgIpc) is 2.36. The summed E-state index contributed by atoms with van der Waals surface area (Å²) < 4.78 is 5.72. The molecule has 0 aliphatic heterocycles. The van der Waals surface area contributed by atoms with Gasteiger partial charge in [-0.1, -0.05) is 40.9 Å². The molecule has 0 spiro atoms. The van der Waals surface area contributed by atoms with Gasteiger partial charge in [0.05, 0.1) is 5.02 Å². The third-order valence-corrected chi connectivity index (χ3v) is 3.31. The fraction of sp³-hybridized carbons (Fsp3) is 0.235. The second-order valence-corrected chi connectivity index (χ2v) is 5.39. The van der Waals surface area contributed by atoms with Crippen LogP contribution in [0.3, 0.4) is 0 Å². The molecule has 0 aliphatic rings. The Balaban J connectivity index is 2.12. The zero-order valence-corrected chi connectivity index (χ0v) is 12.6. The molecule has 0 aromatic heterocycles. The molecule has 0 unspecified atom stereocenters. The summed E-state index contributed by atoms with van der Waals surface area (Å²) in [6.45, 7) is 6.10. The normalized spacial score (nSPS) is 10.4. The zero-order chi connectivity index (χ0) is 14.7. The van der Waals surface area contributed by atoms with Crippen LogP contribution in [0.5, 0.6) is 5.75 Å². The number of aryl methyl sites for hydroxylation is 2. The van der Waals surface area contributed by atoms with Gasteiger partial charge in [-0.3, -0.25) is 4.79 Å². The number of benzene rings is 2. The Morgan fingerprint density at radius 3 is 2.30 bits per heavy atom. The Morgan fingerprint density at radius 1 is 1.10 bits per heavy atom. The van der Waals surface area contributed by atoms with Gasteiger partial charge in [0.2, 0.25) is 0 Å². The van der Waals surface area contributed by atoms with E-state index in [0.717, 1.165) is 5.56 Å². The van der Waals surface area contributed by atoms with E-state index in [1.807, 2.05) is 0 Å². The van der Waals surface area contributed by atoms with Crippen molar-refractivity contribution in [1.29, 1.82) is 0 Å². The van der Waals surface area contributed by atoms with Gasteiger partial charge in [0, 0.05) is 5.56 Å². The summed E-state index contributed by atoms with van der Waals surface area (Å²) in [6, 6.07) is 11.4. The van der Waals surface area contributed by atoms with Crippen LogP contribution in [0.15, 0.2) is 36.4 Å². The maximum Gasteiger partial charge on any atom is 0.159 e. The van der Waals surface area contributed by atoms with Gasteiger partial charge in [-0.25, -0.2) is 0 Å². The van der Waals surface area contributed by atoms with Crippen molar-refractivity contribution >= 4 is 17.4 Å². The number of carbonyl (C=O) groups excluding carboxylic acids is 1. The first kappa shape index (κ1) is 14.6. The predicted molar refractivity (Wildman–Crippen MR) is 81.7 cm³/mol. The lowest BCUT2D eigenvalue weighted by atomic mass is 10.1. The predicted octanol–water partition coefficient (Wildman–Crippen LogP) is 4.74. The van der Waals surface area contributed by atoms with Crippen LogP contribution in [0.4, 0.5) is 0 Å². The van der Waals surface area contributed by atoms with Crippen molar-refractivity contribution in [2.24, 2.45) is 0 Å². The number of carbonyl (C=O) groups is 1. The van der Waals surface area contributed by atoms with Crippen molar-refractivity contribution in [3.8, 4) is 5.75 Å². The summed E-state index contributed by atoms with van der Waals surface area (Å²) in [5.74, 6) is 0.587. The van der Waals surface area contributed by atoms with Crippen LogP contribution in [0.25, 0.3) is 0 Å². The highest BCUT2D eigenvalue weighted by Gasteiger charge is 2.06.